The molecule has 2 aliphatic rings. The fraction of sp³-hybridized carbons (Fsp3) is 0.364. The molecule has 2 amide bonds. The number of para-hydroxylation sites is 2. The van der Waals surface area contributed by atoms with Crippen molar-refractivity contribution in [3.63, 3.8) is 0 Å². The monoisotopic (exact) mass is 395 g/mol. The quantitative estimate of drug-likeness (QED) is 0.756. The molecule has 4 rings (SSSR count). The largest absolute Gasteiger partial charge is 0.485 e. The van der Waals surface area contributed by atoms with E-state index >= 15 is 0 Å². The number of hydrogen-bond acceptors (Lipinski definition) is 5. The molecule has 1 fully saturated rings. The van der Waals surface area contributed by atoms with Gasteiger partial charge in [-0.2, -0.15) is 0 Å². The molecule has 2 atom stereocenters. The minimum absolute atomic E-state index is 0.107. The summed E-state index contributed by atoms with van der Waals surface area (Å²) in [7, 11) is 0. The van der Waals surface area contributed by atoms with Gasteiger partial charge in [-0.1, -0.05) is 42.5 Å². The molecule has 0 saturated carbocycles. The Morgan fingerprint density at radius 3 is 2.59 bits per heavy atom. The number of ether oxygens (including phenoxy) is 2. The summed E-state index contributed by atoms with van der Waals surface area (Å²) < 4.78 is 11.2. The average molecular weight is 395 g/mol. The molecular formula is C22H25N3O4. The Kier molecular flexibility index (Phi) is 5.95. The Morgan fingerprint density at radius 1 is 1.00 bits per heavy atom. The zero-order chi connectivity index (χ0) is 20.1. The Balaban J connectivity index is 1.18. The smallest absolute Gasteiger partial charge is 0.283 e. The number of hydrogen-bond donors (Lipinski definition) is 2. The minimum atomic E-state index is -0.793. The molecule has 2 aliphatic heterocycles. The van der Waals surface area contributed by atoms with Crippen LogP contribution in [0, 0.1) is 5.92 Å². The molecule has 7 heteroatoms. The van der Waals surface area contributed by atoms with E-state index in [4.69, 9.17) is 9.47 Å². The van der Waals surface area contributed by atoms with E-state index in [1.165, 1.54) is 5.56 Å². The predicted octanol–water partition coefficient (Wildman–Crippen LogP) is 1.89. The number of nitrogens with zero attached hydrogens (tertiary/aromatic N) is 1. The van der Waals surface area contributed by atoms with Gasteiger partial charge in [0.1, 0.15) is 6.61 Å². The summed E-state index contributed by atoms with van der Waals surface area (Å²) >= 11 is 0. The molecular weight excluding hydrogens is 370 g/mol. The lowest BCUT2D eigenvalue weighted by molar-refractivity contribution is -0.135. The van der Waals surface area contributed by atoms with Crippen LogP contribution in [0.5, 0.6) is 11.5 Å². The highest BCUT2D eigenvalue weighted by molar-refractivity contribution is 5.85. The van der Waals surface area contributed by atoms with Gasteiger partial charge >= 0.3 is 0 Å². The van der Waals surface area contributed by atoms with E-state index in [0.717, 1.165) is 26.1 Å². The molecule has 0 unspecified atom stereocenters. The van der Waals surface area contributed by atoms with Gasteiger partial charge in [-0.3, -0.25) is 25.3 Å². The summed E-state index contributed by atoms with van der Waals surface area (Å²) in [6, 6.07) is 17.5. The van der Waals surface area contributed by atoms with Crippen molar-refractivity contribution in [2.24, 2.45) is 5.92 Å². The first kappa shape index (κ1) is 19.3. The highest BCUT2D eigenvalue weighted by atomic mass is 16.6. The first-order chi connectivity index (χ1) is 14.2. The van der Waals surface area contributed by atoms with E-state index in [1.54, 1.807) is 12.1 Å². The zero-order valence-electron chi connectivity index (χ0n) is 16.2. The minimum Gasteiger partial charge on any atom is -0.485 e. The average Bonchev–Trinajstić information content (AvgIpc) is 3.19. The van der Waals surface area contributed by atoms with Crippen LogP contribution in [0.2, 0.25) is 0 Å². The summed E-state index contributed by atoms with van der Waals surface area (Å²) in [6.07, 6.45) is 0.569. The van der Waals surface area contributed by atoms with Crippen molar-refractivity contribution in [3.8, 4) is 11.5 Å². The van der Waals surface area contributed by atoms with Crippen molar-refractivity contribution < 1.29 is 19.1 Å². The predicted molar refractivity (Wildman–Crippen MR) is 107 cm³/mol. The van der Waals surface area contributed by atoms with E-state index in [2.05, 4.69) is 27.9 Å². The molecule has 1 saturated heterocycles. The summed E-state index contributed by atoms with van der Waals surface area (Å²) in [4.78, 5) is 26.9. The fourth-order valence-electron chi connectivity index (χ4n) is 3.74. The zero-order valence-corrected chi connectivity index (χ0v) is 16.2. The van der Waals surface area contributed by atoms with Gasteiger partial charge < -0.3 is 9.47 Å². The molecule has 7 nitrogen and oxygen atoms in total. The van der Waals surface area contributed by atoms with Crippen LogP contribution in [-0.4, -0.2) is 42.5 Å². The molecule has 2 N–H and O–H groups in total. The van der Waals surface area contributed by atoms with Gasteiger partial charge in [0.25, 0.3) is 5.91 Å². The Bertz CT molecular complexity index is 858. The van der Waals surface area contributed by atoms with Crippen LogP contribution in [0.3, 0.4) is 0 Å². The number of benzene rings is 2. The number of carbonyl (C=O) groups is 2. The Morgan fingerprint density at radius 2 is 1.76 bits per heavy atom. The van der Waals surface area contributed by atoms with E-state index < -0.39 is 12.0 Å². The van der Waals surface area contributed by atoms with Gasteiger partial charge in [0.05, 0.1) is 0 Å². The van der Waals surface area contributed by atoms with Gasteiger partial charge in [0.15, 0.2) is 11.5 Å². The molecule has 0 aromatic heterocycles. The highest BCUT2D eigenvalue weighted by Gasteiger charge is 2.28. The van der Waals surface area contributed by atoms with E-state index in [-0.39, 0.29) is 18.4 Å². The number of amides is 2. The maximum absolute atomic E-state index is 12.3. The molecule has 0 spiro atoms. The second kappa shape index (κ2) is 8.96. The number of fused-ring (bicyclic) bond motifs is 1. The lowest BCUT2D eigenvalue weighted by Gasteiger charge is -2.25. The molecule has 2 aromatic rings. The van der Waals surface area contributed by atoms with Crippen LogP contribution in [0.4, 0.5) is 0 Å². The van der Waals surface area contributed by atoms with Gasteiger partial charge in [-0.05, 0) is 36.6 Å². The van der Waals surface area contributed by atoms with Gasteiger partial charge in [-0.25, -0.2) is 0 Å². The van der Waals surface area contributed by atoms with Crippen molar-refractivity contribution in [2.45, 2.75) is 25.5 Å². The van der Waals surface area contributed by atoms with Crippen molar-refractivity contribution >= 4 is 11.8 Å². The molecule has 2 heterocycles. The first-order valence-electron chi connectivity index (χ1n) is 9.91. The molecule has 0 aliphatic carbocycles. The third kappa shape index (κ3) is 5.06. The molecule has 2 aromatic carbocycles. The normalized spacial score (nSPS) is 20.8. The summed E-state index contributed by atoms with van der Waals surface area (Å²) in [6.45, 7) is 2.87. The van der Waals surface area contributed by atoms with Crippen molar-refractivity contribution in [2.75, 3.05) is 19.7 Å². The van der Waals surface area contributed by atoms with Crippen LogP contribution in [0.25, 0.3) is 0 Å². The number of nitrogens with one attached hydrogen (secondary N) is 2. The third-order valence-electron chi connectivity index (χ3n) is 5.22. The van der Waals surface area contributed by atoms with Crippen LogP contribution < -0.4 is 20.3 Å². The van der Waals surface area contributed by atoms with Gasteiger partial charge in [0.2, 0.25) is 12.0 Å². The lowest BCUT2D eigenvalue weighted by Crippen LogP contribution is -2.51. The van der Waals surface area contributed by atoms with Crippen LogP contribution in [0.1, 0.15) is 18.4 Å². The summed E-state index contributed by atoms with van der Waals surface area (Å²) in [5, 5.41) is 0. The maximum atomic E-state index is 12.3. The standard InChI is InChI=1S/C22H25N3O4/c26-21(12-17-10-11-25(14-17)13-16-6-2-1-3-7-16)23-24-22(27)20-15-28-18-8-4-5-9-19(18)29-20/h1-9,17,20H,10-15H2,(H,23,26)(H,24,27)/t17-,20-/m0/s1. The second-order valence-corrected chi connectivity index (χ2v) is 7.48. The molecule has 0 radical (unpaired) electrons. The van der Waals surface area contributed by atoms with Crippen LogP contribution in [-0.2, 0) is 16.1 Å². The number of rotatable bonds is 5. The van der Waals surface area contributed by atoms with Crippen molar-refractivity contribution in [1.29, 1.82) is 0 Å². The maximum Gasteiger partial charge on any atom is 0.283 e. The highest BCUT2D eigenvalue weighted by Crippen LogP contribution is 2.30. The van der Waals surface area contributed by atoms with E-state index in [9.17, 15) is 9.59 Å². The summed E-state index contributed by atoms with van der Waals surface area (Å²) in [5.74, 6) is 0.806. The van der Waals surface area contributed by atoms with E-state index in [0.29, 0.717) is 17.9 Å². The number of likely N-dealkylation sites (tertiary alicyclic amines) is 1. The van der Waals surface area contributed by atoms with Gasteiger partial charge in [0, 0.05) is 19.5 Å². The van der Waals surface area contributed by atoms with Crippen LogP contribution in [0.15, 0.2) is 54.6 Å². The lowest BCUT2D eigenvalue weighted by atomic mass is 10.1. The summed E-state index contributed by atoms with van der Waals surface area (Å²) in [5.41, 5.74) is 6.23. The second-order valence-electron chi connectivity index (χ2n) is 7.48. The molecule has 29 heavy (non-hydrogen) atoms. The fourth-order valence-corrected chi connectivity index (χ4v) is 3.74. The topological polar surface area (TPSA) is 79.9 Å². The van der Waals surface area contributed by atoms with Crippen molar-refractivity contribution in [1.82, 2.24) is 15.8 Å². The van der Waals surface area contributed by atoms with E-state index in [1.807, 2.05) is 30.3 Å². The molecule has 152 valence electrons. The number of carbonyl (C=O) groups excluding carboxylic acids is 2. The number of hydrazine groups is 1. The van der Waals surface area contributed by atoms with Crippen molar-refractivity contribution in [3.05, 3.63) is 60.2 Å². The molecule has 0 bridgehead atoms. The Hall–Kier alpha value is -3.06. The van der Waals surface area contributed by atoms with Crippen LogP contribution >= 0.6 is 0 Å². The third-order valence-corrected chi connectivity index (χ3v) is 5.22. The Labute approximate surface area is 170 Å². The first-order valence-corrected chi connectivity index (χ1v) is 9.91. The van der Waals surface area contributed by atoms with Gasteiger partial charge in [-0.15, -0.1) is 0 Å². The SMILES string of the molecule is O=C(C[C@@H]1CCN(Cc2ccccc2)C1)NNC(=O)[C@@H]1COc2ccccc2O1.